The molecule has 4 aromatic rings. The van der Waals surface area contributed by atoms with Gasteiger partial charge in [-0.05, 0) is 42.0 Å². The number of benzene rings is 2. The third-order valence-electron chi connectivity index (χ3n) is 5.31. The zero-order chi connectivity index (χ0) is 19.1. The fourth-order valence-electron chi connectivity index (χ4n) is 3.81. The van der Waals surface area contributed by atoms with Crippen LogP contribution >= 0.6 is 15.9 Å². The average Bonchev–Trinajstić information content (AvgIpc) is 3.10. The van der Waals surface area contributed by atoms with E-state index in [0.717, 1.165) is 53.3 Å². The molecule has 0 unspecified atom stereocenters. The highest BCUT2D eigenvalue weighted by Gasteiger charge is 2.20. The van der Waals surface area contributed by atoms with Gasteiger partial charge in [0.25, 0.3) is 0 Å². The Morgan fingerprint density at radius 1 is 1.14 bits per heavy atom. The van der Waals surface area contributed by atoms with Crippen molar-refractivity contribution in [2.75, 3.05) is 12.3 Å². The number of rotatable bonds is 3. The first-order chi connectivity index (χ1) is 13.7. The molecule has 0 atom stereocenters. The van der Waals surface area contributed by atoms with Crippen molar-refractivity contribution in [2.24, 2.45) is 0 Å². The smallest absolute Gasteiger partial charge is 0.159 e. The highest BCUT2D eigenvalue weighted by molar-refractivity contribution is 9.10. The number of aromatic nitrogens is 3. The average molecular weight is 434 g/mol. The Labute approximate surface area is 171 Å². The number of aromatic amines is 1. The van der Waals surface area contributed by atoms with E-state index in [4.69, 9.17) is 10.7 Å². The number of halogens is 1. The van der Waals surface area contributed by atoms with E-state index in [-0.39, 0.29) is 0 Å². The van der Waals surface area contributed by atoms with Crippen molar-refractivity contribution < 1.29 is 0 Å². The first kappa shape index (κ1) is 17.4. The van der Waals surface area contributed by atoms with Crippen molar-refractivity contribution in [1.29, 1.82) is 0 Å². The number of nitrogens with two attached hydrogens (primary N) is 1. The van der Waals surface area contributed by atoms with E-state index < -0.39 is 0 Å². The minimum absolute atomic E-state index is 0.752. The van der Waals surface area contributed by atoms with Gasteiger partial charge >= 0.3 is 0 Å². The van der Waals surface area contributed by atoms with Gasteiger partial charge in [-0.2, -0.15) is 0 Å². The van der Waals surface area contributed by atoms with Crippen LogP contribution in [-0.4, -0.2) is 26.4 Å². The maximum Gasteiger partial charge on any atom is 0.159 e. The van der Waals surface area contributed by atoms with Gasteiger partial charge in [-0.1, -0.05) is 22.0 Å². The van der Waals surface area contributed by atoms with Crippen LogP contribution in [0.1, 0.15) is 16.8 Å². The van der Waals surface area contributed by atoms with Crippen molar-refractivity contribution in [2.45, 2.75) is 19.5 Å². The Morgan fingerprint density at radius 3 is 2.86 bits per heavy atom. The third kappa shape index (κ3) is 3.30. The van der Waals surface area contributed by atoms with Crippen molar-refractivity contribution in [3.8, 4) is 11.4 Å². The molecule has 6 heteroatoms. The summed E-state index contributed by atoms with van der Waals surface area (Å²) in [7, 11) is 0. The number of nitrogen functional groups attached to an aromatic ring is 1. The standard InChI is InChI=1S/C22H20BrN5/c23-17-3-6-19-15(10-25-21(19)9-17)12-28-8-7-20-16(13-28)11-26-22(27-20)14-1-4-18(24)5-2-14/h1-6,9-11,25H,7-8,12-13,24H2. The minimum atomic E-state index is 0.752. The van der Waals surface area contributed by atoms with E-state index in [1.807, 2.05) is 30.5 Å². The minimum Gasteiger partial charge on any atom is -0.399 e. The number of H-pyrrole nitrogens is 1. The van der Waals surface area contributed by atoms with Crippen molar-refractivity contribution >= 4 is 32.5 Å². The molecule has 2 aromatic heterocycles. The predicted octanol–water partition coefficient (Wildman–Crippen LogP) is 4.53. The molecular weight excluding hydrogens is 414 g/mol. The second-order valence-electron chi connectivity index (χ2n) is 7.25. The molecule has 5 nitrogen and oxygen atoms in total. The second kappa shape index (κ2) is 7.04. The lowest BCUT2D eigenvalue weighted by Crippen LogP contribution is -2.30. The quantitative estimate of drug-likeness (QED) is 0.465. The van der Waals surface area contributed by atoms with Crippen LogP contribution in [0.5, 0.6) is 0 Å². The molecule has 5 rings (SSSR count). The molecule has 3 heterocycles. The molecule has 3 N–H and O–H groups in total. The van der Waals surface area contributed by atoms with E-state index in [1.165, 1.54) is 22.0 Å². The lowest BCUT2D eigenvalue weighted by Gasteiger charge is -2.27. The molecule has 1 aliphatic rings. The highest BCUT2D eigenvalue weighted by Crippen LogP contribution is 2.26. The second-order valence-corrected chi connectivity index (χ2v) is 8.17. The molecule has 0 saturated heterocycles. The maximum absolute atomic E-state index is 5.78. The van der Waals surface area contributed by atoms with Crippen molar-refractivity contribution in [1.82, 2.24) is 19.9 Å². The zero-order valence-corrected chi connectivity index (χ0v) is 16.9. The van der Waals surface area contributed by atoms with Gasteiger partial charge in [0.05, 0.1) is 5.69 Å². The van der Waals surface area contributed by atoms with Gasteiger partial charge in [-0.3, -0.25) is 4.90 Å². The first-order valence-corrected chi connectivity index (χ1v) is 10.1. The summed E-state index contributed by atoms with van der Waals surface area (Å²) in [5, 5.41) is 1.28. The number of anilines is 1. The molecule has 0 fully saturated rings. The van der Waals surface area contributed by atoms with Gasteiger partial charge in [-0.25, -0.2) is 9.97 Å². The number of nitrogens with zero attached hydrogens (tertiary/aromatic N) is 3. The van der Waals surface area contributed by atoms with Gasteiger partial charge in [0.15, 0.2) is 5.82 Å². The lowest BCUT2D eigenvalue weighted by atomic mass is 10.1. The zero-order valence-electron chi connectivity index (χ0n) is 15.3. The summed E-state index contributed by atoms with van der Waals surface area (Å²) in [5.41, 5.74) is 12.4. The van der Waals surface area contributed by atoms with E-state index in [9.17, 15) is 0 Å². The van der Waals surface area contributed by atoms with E-state index in [1.54, 1.807) is 0 Å². The van der Waals surface area contributed by atoms with E-state index in [2.05, 4.69) is 55.2 Å². The molecule has 140 valence electrons. The fourth-order valence-corrected chi connectivity index (χ4v) is 4.17. The van der Waals surface area contributed by atoms with Gasteiger partial charge in [0, 0.05) is 70.6 Å². The summed E-state index contributed by atoms with van der Waals surface area (Å²) in [6.45, 7) is 2.79. The van der Waals surface area contributed by atoms with Crippen LogP contribution in [0.25, 0.3) is 22.3 Å². The Morgan fingerprint density at radius 2 is 2.00 bits per heavy atom. The maximum atomic E-state index is 5.78. The van der Waals surface area contributed by atoms with E-state index >= 15 is 0 Å². The molecule has 2 aromatic carbocycles. The molecule has 1 aliphatic heterocycles. The summed E-state index contributed by atoms with van der Waals surface area (Å²) < 4.78 is 1.09. The van der Waals surface area contributed by atoms with Crippen LogP contribution in [0.4, 0.5) is 5.69 Å². The Bertz CT molecular complexity index is 1150. The predicted molar refractivity (Wildman–Crippen MR) is 116 cm³/mol. The van der Waals surface area contributed by atoms with Crippen molar-refractivity contribution in [3.63, 3.8) is 0 Å². The molecular formula is C22H20BrN5. The Hall–Kier alpha value is -2.70. The molecule has 0 amide bonds. The Kier molecular flexibility index (Phi) is 4.37. The van der Waals surface area contributed by atoms with E-state index in [0.29, 0.717) is 0 Å². The van der Waals surface area contributed by atoms with Crippen LogP contribution in [-0.2, 0) is 19.5 Å². The van der Waals surface area contributed by atoms with Gasteiger partial charge < -0.3 is 10.7 Å². The van der Waals surface area contributed by atoms with Crippen LogP contribution < -0.4 is 5.73 Å². The number of hydrogen-bond acceptors (Lipinski definition) is 4. The molecule has 0 aliphatic carbocycles. The monoisotopic (exact) mass is 433 g/mol. The van der Waals surface area contributed by atoms with Crippen LogP contribution in [0, 0.1) is 0 Å². The SMILES string of the molecule is Nc1ccc(-c2ncc3c(n2)CCN(Cc2c[nH]c4cc(Br)ccc24)C3)cc1. The first-order valence-electron chi connectivity index (χ1n) is 9.34. The van der Waals surface area contributed by atoms with Crippen LogP contribution in [0.2, 0.25) is 0 Å². The third-order valence-corrected chi connectivity index (χ3v) is 5.80. The summed E-state index contributed by atoms with van der Waals surface area (Å²) >= 11 is 3.53. The number of nitrogens with one attached hydrogen (secondary N) is 1. The molecule has 0 saturated carbocycles. The molecule has 28 heavy (non-hydrogen) atoms. The molecule has 0 bridgehead atoms. The van der Waals surface area contributed by atoms with Gasteiger partial charge in [-0.15, -0.1) is 0 Å². The van der Waals surface area contributed by atoms with Gasteiger partial charge in [0.1, 0.15) is 0 Å². The van der Waals surface area contributed by atoms with Gasteiger partial charge in [0.2, 0.25) is 0 Å². The number of fused-ring (bicyclic) bond motifs is 2. The van der Waals surface area contributed by atoms with Crippen LogP contribution in [0.3, 0.4) is 0 Å². The summed E-state index contributed by atoms with van der Waals surface area (Å²) in [4.78, 5) is 15.2. The van der Waals surface area contributed by atoms with Crippen molar-refractivity contribution in [3.05, 3.63) is 76.2 Å². The molecule has 0 radical (unpaired) electrons. The number of hydrogen-bond donors (Lipinski definition) is 2. The Balaban J connectivity index is 1.35. The highest BCUT2D eigenvalue weighted by atomic mass is 79.9. The summed E-state index contributed by atoms with van der Waals surface area (Å²) in [6.07, 6.45) is 5.04. The summed E-state index contributed by atoms with van der Waals surface area (Å²) in [6, 6.07) is 14.1. The largest absolute Gasteiger partial charge is 0.399 e. The normalized spacial score (nSPS) is 14.3. The fraction of sp³-hybridized carbons (Fsp3) is 0.182. The van der Waals surface area contributed by atoms with Crippen LogP contribution in [0.15, 0.2) is 59.3 Å². The lowest BCUT2D eigenvalue weighted by molar-refractivity contribution is 0.244. The molecule has 0 spiro atoms. The topological polar surface area (TPSA) is 70.8 Å². The summed E-state index contributed by atoms with van der Waals surface area (Å²) in [5.74, 6) is 0.773.